The first kappa shape index (κ1) is 24.4. The van der Waals surface area contributed by atoms with E-state index in [-0.39, 0.29) is 17.5 Å². The largest absolute Gasteiger partial charge is 0.382 e. The summed E-state index contributed by atoms with van der Waals surface area (Å²) in [5.41, 5.74) is 15.5. The van der Waals surface area contributed by atoms with E-state index in [1.165, 1.54) is 12.4 Å². The van der Waals surface area contributed by atoms with E-state index in [1.54, 1.807) is 12.5 Å². The first-order valence-corrected chi connectivity index (χ1v) is 12.8. The number of hydrogen-bond donors (Lipinski definition) is 2. The summed E-state index contributed by atoms with van der Waals surface area (Å²) in [5, 5.41) is 0. The average molecular weight is 519 g/mol. The zero-order chi connectivity index (χ0) is 26.4. The van der Waals surface area contributed by atoms with Crippen molar-refractivity contribution >= 4 is 28.5 Å². The normalized spacial score (nSPS) is 20.0. The van der Waals surface area contributed by atoms with Gasteiger partial charge in [-0.1, -0.05) is 6.42 Å². The highest BCUT2D eigenvalue weighted by Gasteiger charge is 2.43. The molecule has 1 unspecified atom stereocenters. The Morgan fingerprint density at radius 1 is 1.08 bits per heavy atom. The van der Waals surface area contributed by atoms with Crippen molar-refractivity contribution in [2.24, 2.45) is 11.7 Å². The van der Waals surface area contributed by atoms with Crippen LogP contribution in [0.25, 0.3) is 22.4 Å². The van der Waals surface area contributed by atoms with Crippen molar-refractivity contribution in [3.63, 3.8) is 0 Å². The third kappa shape index (κ3) is 4.26. The lowest BCUT2D eigenvalue weighted by Crippen LogP contribution is -2.61. The molecule has 0 radical (unpaired) electrons. The number of pyridine rings is 1. The minimum Gasteiger partial charge on any atom is -0.382 e. The van der Waals surface area contributed by atoms with E-state index in [0.29, 0.717) is 41.9 Å². The Hall–Kier alpha value is -3.99. The van der Waals surface area contributed by atoms with E-state index in [9.17, 15) is 13.6 Å². The molecule has 196 valence electrons. The quantitative estimate of drug-likeness (QED) is 0.397. The van der Waals surface area contributed by atoms with E-state index >= 15 is 0 Å². The van der Waals surface area contributed by atoms with Crippen molar-refractivity contribution in [1.82, 2.24) is 24.5 Å². The van der Waals surface area contributed by atoms with Crippen LogP contribution >= 0.6 is 0 Å². The van der Waals surface area contributed by atoms with Crippen LogP contribution in [0.1, 0.15) is 37.7 Å². The molecule has 1 saturated carbocycles. The fraction of sp³-hybridized carbons (Fsp3) is 0.370. The Morgan fingerprint density at radius 2 is 1.92 bits per heavy atom. The summed E-state index contributed by atoms with van der Waals surface area (Å²) in [6.45, 7) is 1.46. The van der Waals surface area contributed by atoms with Crippen LogP contribution in [0.15, 0.2) is 43.1 Å². The smallest absolute Gasteiger partial charge is 0.165 e. The maximum Gasteiger partial charge on any atom is 0.165 e. The number of carbonyl (C=O) groups excluding carboxylic acids is 1. The predicted octanol–water partition coefficient (Wildman–Crippen LogP) is 3.46. The van der Waals surface area contributed by atoms with Crippen LogP contribution < -0.4 is 16.4 Å². The number of nitrogens with zero attached hydrogens (tertiary/aromatic N) is 6. The van der Waals surface area contributed by atoms with Gasteiger partial charge in [0.2, 0.25) is 0 Å². The van der Waals surface area contributed by atoms with Crippen molar-refractivity contribution < 1.29 is 13.6 Å². The number of ketones is 1. The van der Waals surface area contributed by atoms with Gasteiger partial charge in [-0.15, -0.1) is 0 Å². The van der Waals surface area contributed by atoms with Crippen LogP contribution in [0.2, 0.25) is 0 Å². The Labute approximate surface area is 217 Å². The molecule has 1 saturated heterocycles. The Balaban J connectivity index is 1.40. The van der Waals surface area contributed by atoms with E-state index in [2.05, 4.69) is 24.8 Å². The van der Waals surface area contributed by atoms with Crippen LogP contribution in [0.3, 0.4) is 0 Å². The van der Waals surface area contributed by atoms with Crippen LogP contribution in [0.5, 0.6) is 0 Å². The second-order valence-electron chi connectivity index (χ2n) is 10.3. The molecule has 1 aliphatic carbocycles. The Bertz CT molecular complexity index is 1540. The molecule has 2 aliphatic rings. The highest BCUT2D eigenvalue weighted by molar-refractivity contribution is 5.92. The van der Waals surface area contributed by atoms with Crippen LogP contribution in [0, 0.1) is 17.6 Å². The van der Waals surface area contributed by atoms with Gasteiger partial charge in [-0.3, -0.25) is 9.78 Å². The van der Waals surface area contributed by atoms with Gasteiger partial charge in [0.15, 0.2) is 28.9 Å². The molecule has 0 bridgehead atoms. The minimum absolute atomic E-state index is 0.0516. The molecule has 1 aliphatic heterocycles. The van der Waals surface area contributed by atoms with E-state index in [4.69, 9.17) is 11.5 Å². The van der Waals surface area contributed by atoms with Crippen molar-refractivity contribution in [2.45, 2.75) is 44.2 Å². The number of fused-ring (bicyclic) bond motifs is 1. The summed E-state index contributed by atoms with van der Waals surface area (Å²) in [5.74, 6) is -1.38. The number of rotatable bonds is 6. The molecule has 4 heterocycles. The SMILES string of the molecule is Nc1ncnc2c1ncn2Cc1cc(-c2ccc(F)c(F)c2)ncc1N1CCCC(N)(C(=O)C2CCC2)C1. The fourth-order valence-corrected chi connectivity index (χ4v) is 5.48. The van der Waals surface area contributed by atoms with E-state index in [1.807, 2.05) is 10.6 Å². The zero-order valence-corrected chi connectivity index (χ0v) is 20.8. The number of Topliss-reactive ketones (excluding diaryl/α,β-unsaturated/α-hetero) is 1. The number of nitrogens with two attached hydrogens (primary N) is 2. The summed E-state index contributed by atoms with van der Waals surface area (Å²) in [4.78, 5) is 32.6. The first-order valence-electron chi connectivity index (χ1n) is 12.8. The molecule has 4 aromatic rings. The highest BCUT2D eigenvalue weighted by atomic mass is 19.2. The molecule has 1 aromatic carbocycles. The average Bonchev–Trinajstić information content (AvgIpc) is 3.28. The van der Waals surface area contributed by atoms with Gasteiger partial charge in [-0.25, -0.2) is 23.7 Å². The topological polar surface area (TPSA) is 129 Å². The third-order valence-electron chi connectivity index (χ3n) is 7.78. The molecule has 9 nitrogen and oxygen atoms in total. The summed E-state index contributed by atoms with van der Waals surface area (Å²) >= 11 is 0. The molecule has 2 fully saturated rings. The minimum atomic E-state index is -0.943. The number of hydrogen-bond acceptors (Lipinski definition) is 8. The maximum absolute atomic E-state index is 14.0. The monoisotopic (exact) mass is 518 g/mol. The van der Waals surface area contributed by atoms with Gasteiger partial charge < -0.3 is 20.9 Å². The van der Waals surface area contributed by atoms with Crippen molar-refractivity contribution in [3.05, 3.63) is 60.3 Å². The molecular weight excluding hydrogens is 490 g/mol. The van der Waals surface area contributed by atoms with Gasteiger partial charge in [0, 0.05) is 24.6 Å². The molecule has 6 rings (SSSR count). The van der Waals surface area contributed by atoms with Gasteiger partial charge in [0.05, 0.1) is 36.0 Å². The Morgan fingerprint density at radius 3 is 2.68 bits per heavy atom. The number of carbonyl (C=O) groups is 1. The lowest BCUT2D eigenvalue weighted by molar-refractivity contribution is -0.131. The van der Waals surface area contributed by atoms with E-state index < -0.39 is 17.2 Å². The van der Waals surface area contributed by atoms with Crippen LogP contribution in [0.4, 0.5) is 20.3 Å². The lowest BCUT2D eigenvalue weighted by atomic mass is 9.72. The summed E-state index contributed by atoms with van der Waals surface area (Å²) in [6, 6.07) is 5.56. The molecule has 0 amide bonds. The lowest BCUT2D eigenvalue weighted by Gasteiger charge is -2.43. The van der Waals surface area contributed by atoms with Gasteiger partial charge in [-0.2, -0.15) is 0 Å². The summed E-state index contributed by atoms with van der Waals surface area (Å²) in [6.07, 6.45) is 9.05. The molecule has 11 heteroatoms. The fourth-order valence-electron chi connectivity index (χ4n) is 5.48. The molecule has 1 atom stereocenters. The molecule has 38 heavy (non-hydrogen) atoms. The van der Waals surface area contributed by atoms with Crippen molar-refractivity contribution in [1.29, 1.82) is 0 Å². The number of anilines is 2. The molecule has 0 spiro atoms. The number of imidazole rings is 1. The standard InChI is InChI=1S/C27H28F2N8O/c28-19-6-5-17(9-20(19)29)21-10-18(12-37-15-35-23-25(30)33-14-34-26(23)37)22(11-32-21)36-8-2-7-27(31,13-36)24(38)16-3-1-4-16/h5-6,9-11,14-16H,1-4,7-8,12-13,31H2,(H2,30,33,34). The highest BCUT2D eigenvalue weighted by Crippen LogP contribution is 2.36. The third-order valence-corrected chi connectivity index (χ3v) is 7.78. The number of benzene rings is 1. The first-order chi connectivity index (χ1) is 18.3. The van der Waals surface area contributed by atoms with Crippen molar-refractivity contribution in [3.8, 4) is 11.3 Å². The van der Waals surface area contributed by atoms with E-state index in [0.717, 1.165) is 55.6 Å². The second kappa shape index (κ2) is 9.39. The summed E-state index contributed by atoms with van der Waals surface area (Å²) in [7, 11) is 0. The molecule has 3 aromatic heterocycles. The molecule has 4 N–H and O–H groups in total. The Kier molecular flexibility index (Phi) is 6.02. The van der Waals surface area contributed by atoms with Gasteiger partial charge >= 0.3 is 0 Å². The van der Waals surface area contributed by atoms with Gasteiger partial charge in [-0.05, 0) is 55.5 Å². The van der Waals surface area contributed by atoms with Crippen molar-refractivity contribution in [2.75, 3.05) is 23.7 Å². The number of aromatic nitrogens is 5. The maximum atomic E-state index is 14.0. The number of piperidine rings is 1. The summed E-state index contributed by atoms with van der Waals surface area (Å²) < 4.78 is 29.4. The number of halogens is 2. The van der Waals surface area contributed by atoms with Crippen LogP contribution in [-0.4, -0.2) is 48.9 Å². The van der Waals surface area contributed by atoms with Gasteiger partial charge in [0.25, 0.3) is 0 Å². The number of nitrogen functional groups attached to an aromatic ring is 1. The van der Waals surface area contributed by atoms with Gasteiger partial charge in [0.1, 0.15) is 11.8 Å². The zero-order valence-electron chi connectivity index (χ0n) is 20.8. The van der Waals surface area contributed by atoms with Crippen LogP contribution in [-0.2, 0) is 11.3 Å². The predicted molar refractivity (Wildman–Crippen MR) is 139 cm³/mol. The second-order valence-corrected chi connectivity index (χ2v) is 10.3. The molecular formula is C27H28F2N8O.